The van der Waals surface area contributed by atoms with Crippen LogP contribution in [0.4, 0.5) is 0 Å². The van der Waals surface area contributed by atoms with Crippen molar-refractivity contribution in [2.75, 3.05) is 13.2 Å². The number of nitrogens with zero attached hydrogens (tertiary/aromatic N) is 1. The van der Waals surface area contributed by atoms with Gasteiger partial charge in [0.1, 0.15) is 18.1 Å². The van der Waals surface area contributed by atoms with Gasteiger partial charge in [0, 0.05) is 6.54 Å². The van der Waals surface area contributed by atoms with Crippen molar-refractivity contribution >= 4 is 23.7 Å². The molecule has 1 aliphatic rings. The minimum Gasteiger partial charge on any atom is -0.480 e. The Kier molecular flexibility index (Phi) is 8.64. The topological polar surface area (TPSA) is 162 Å². The van der Waals surface area contributed by atoms with E-state index in [4.69, 9.17) is 10.8 Å². The Bertz CT molecular complexity index is 570. The second-order valence-electron chi connectivity index (χ2n) is 6.91. The number of rotatable bonds is 9. The van der Waals surface area contributed by atoms with E-state index in [9.17, 15) is 24.3 Å². The largest absolute Gasteiger partial charge is 0.480 e. The molecule has 6 N–H and O–H groups in total. The summed E-state index contributed by atoms with van der Waals surface area (Å²) < 4.78 is 0. The molecule has 5 atom stereocenters. The first-order valence-corrected chi connectivity index (χ1v) is 9.14. The number of nitrogens with two attached hydrogens (primary N) is 1. The zero-order valence-corrected chi connectivity index (χ0v) is 16.0. The predicted octanol–water partition coefficient (Wildman–Crippen LogP) is -1.58. The van der Waals surface area contributed by atoms with Gasteiger partial charge in [0.2, 0.25) is 17.7 Å². The number of hydrogen-bond donors (Lipinski definition) is 5. The maximum Gasteiger partial charge on any atom is 0.325 e. The summed E-state index contributed by atoms with van der Waals surface area (Å²) in [6.07, 6.45) is 1.78. The van der Waals surface area contributed by atoms with Crippen molar-refractivity contribution in [3.63, 3.8) is 0 Å². The van der Waals surface area contributed by atoms with Crippen LogP contribution in [0.1, 0.15) is 40.0 Å². The molecule has 0 aromatic carbocycles. The van der Waals surface area contributed by atoms with Gasteiger partial charge in [-0.15, -0.1) is 0 Å². The molecule has 0 bridgehead atoms. The van der Waals surface area contributed by atoms with Gasteiger partial charge in [-0.05, 0) is 25.7 Å². The van der Waals surface area contributed by atoms with Crippen LogP contribution >= 0.6 is 0 Å². The van der Waals surface area contributed by atoms with Crippen molar-refractivity contribution in [1.82, 2.24) is 15.5 Å². The highest BCUT2D eigenvalue weighted by atomic mass is 16.4. The van der Waals surface area contributed by atoms with Crippen molar-refractivity contribution < 1.29 is 29.4 Å². The number of aliphatic hydroxyl groups excluding tert-OH is 1. The molecule has 1 heterocycles. The van der Waals surface area contributed by atoms with E-state index in [0.717, 1.165) is 6.42 Å². The molecule has 10 nitrogen and oxygen atoms in total. The summed E-state index contributed by atoms with van der Waals surface area (Å²) in [6.45, 7) is 4.76. The second kappa shape index (κ2) is 10.2. The van der Waals surface area contributed by atoms with Gasteiger partial charge in [0.15, 0.2) is 0 Å². The molecule has 5 unspecified atom stereocenters. The number of carbonyl (C=O) groups excluding carboxylic acids is 3. The van der Waals surface area contributed by atoms with Gasteiger partial charge in [0.25, 0.3) is 0 Å². The van der Waals surface area contributed by atoms with E-state index >= 15 is 0 Å². The summed E-state index contributed by atoms with van der Waals surface area (Å²) in [6, 6.07) is -3.95. The standard InChI is InChI=1S/C17H30N4O6/c1-4-9(2)13(18)16(25)21-7-5-6-12(21)15(24)20-11(8-22)14(23)19-10(3)17(26)27/h9-13,22H,4-8,18H2,1-3H3,(H,19,23)(H,20,24)(H,26,27). The lowest BCUT2D eigenvalue weighted by Crippen LogP contribution is -2.57. The number of carbonyl (C=O) groups is 4. The van der Waals surface area contributed by atoms with E-state index < -0.39 is 48.6 Å². The third-order valence-corrected chi connectivity index (χ3v) is 4.93. The highest BCUT2D eigenvalue weighted by molar-refractivity contribution is 5.94. The normalized spacial score (nSPS) is 21.1. The number of likely N-dealkylation sites (tertiary alicyclic amines) is 1. The van der Waals surface area contributed by atoms with Gasteiger partial charge in [-0.3, -0.25) is 19.2 Å². The lowest BCUT2D eigenvalue weighted by molar-refractivity contribution is -0.143. The Morgan fingerprint density at radius 1 is 1.22 bits per heavy atom. The number of hydrogen-bond acceptors (Lipinski definition) is 6. The van der Waals surface area contributed by atoms with Gasteiger partial charge in [0.05, 0.1) is 12.6 Å². The zero-order valence-electron chi connectivity index (χ0n) is 16.0. The lowest BCUT2D eigenvalue weighted by atomic mass is 9.98. The van der Waals surface area contributed by atoms with Crippen LogP contribution in [-0.4, -0.2) is 76.1 Å². The molecule has 3 amide bonds. The minimum absolute atomic E-state index is 0.0321. The molecule has 1 fully saturated rings. The third kappa shape index (κ3) is 5.90. The van der Waals surface area contributed by atoms with Gasteiger partial charge in [-0.2, -0.15) is 0 Å². The monoisotopic (exact) mass is 386 g/mol. The SMILES string of the molecule is CCC(C)C(N)C(=O)N1CCCC1C(=O)NC(CO)C(=O)NC(C)C(=O)O. The Morgan fingerprint density at radius 2 is 1.85 bits per heavy atom. The molecule has 0 aromatic rings. The van der Waals surface area contributed by atoms with Crippen LogP contribution in [-0.2, 0) is 19.2 Å². The Morgan fingerprint density at radius 3 is 2.37 bits per heavy atom. The molecule has 27 heavy (non-hydrogen) atoms. The number of carboxylic acid groups (broad SMARTS) is 1. The summed E-state index contributed by atoms with van der Waals surface area (Å²) in [5.41, 5.74) is 5.99. The second-order valence-corrected chi connectivity index (χ2v) is 6.91. The molecule has 0 saturated carbocycles. The number of aliphatic hydroxyl groups is 1. The Balaban J connectivity index is 2.76. The van der Waals surface area contributed by atoms with Crippen molar-refractivity contribution in [3.05, 3.63) is 0 Å². The molecule has 0 radical (unpaired) electrons. The quantitative estimate of drug-likeness (QED) is 0.319. The van der Waals surface area contributed by atoms with Crippen LogP contribution in [0, 0.1) is 5.92 Å². The van der Waals surface area contributed by atoms with E-state index in [1.807, 2.05) is 13.8 Å². The summed E-state index contributed by atoms with van der Waals surface area (Å²) in [4.78, 5) is 49.4. The highest BCUT2D eigenvalue weighted by Gasteiger charge is 2.38. The molecule has 10 heteroatoms. The maximum atomic E-state index is 12.6. The minimum atomic E-state index is -1.31. The molecular formula is C17H30N4O6. The van der Waals surface area contributed by atoms with Crippen LogP contribution in [0.2, 0.25) is 0 Å². The fraction of sp³-hybridized carbons (Fsp3) is 0.765. The molecule has 0 aromatic heterocycles. The van der Waals surface area contributed by atoms with Crippen molar-refractivity contribution in [2.24, 2.45) is 11.7 Å². The first-order valence-electron chi connectivity index (χ1n) is 9.14. The Hall–Kier alpha value is -2.20. The smallest absolute Gasteiger partial charge is 0.325 e. The number of carboxylic acids is 1. The van der Waals surface area contributed by atoms with Gasteiger partial charge >= 0.3 is 5.97 Å². The zero-order chi connectivity index (χ0) is 20.7. The van der Waals surface area contributed by atoms with E-state index in [-0.39, 0.29) is 11.8 Å². The average Bonchev–Trinajstić information content (AvgIpc) is 3.13. The first kappa shape index (κ1) is 22.8. The highest BCUT2D eigenvalue weighted by Crippen LogP contribution is 2.20. The number of amides is 3. The fourth-order valence-electron chi connectivity index (χ4n) is 2.83. The van der Waals surface area contributed by atoms with Gasteiger partial charge in [-0.1, -0.05) is 20.3 Å². The maximum absolute atomic E-state index is 12.6. The molecule has 1 aliphatic heterocycles. The average molecular weight is 386 g/mol. The fourth-order valence-corrected chi connectivity index (χ4v) is 2.83. The summed E-state index contributed by atoms with van der Waals surface area (Å²) in [7, 11) is 0. The molecule has 1 saturated heterocycles. The van der Waals surface area contributed by atoms with E-state index in [0.29, 0.717) is 19.4 Å². The van der Waals surface area contributed by atoms with Crippen molar-refractivity contribution in [3.8, 4) is 0 Å². The summed E-state index contributed by atoms with van der Waals surface area (Å²) in [5.74, 6) is -2.97. The van der Waals surface area contributed by atoms with Crippen molar-refractivity contribution in [2.45, 2.75) is 64.2 Å². The van der Waals surface area contributed by atoms with Crippen LogP contribution in [0.25, 0.3) is 0 Å². The predicted molar refractivity (Wildman–Crippen MR) is 96.4 cm³/mol. The van der Waals surface area contributed by atoms with E-state index in [2.05, 4.69) is 10.6 Å². The van der Waals surface area contributed by atoms with Gasteiger partial charge < -0.3 is 31.5 Å². The first-order chi connectivity index (χ1) is 12.6. The summed E-state index contributed by atoms with van der Waals surface area (Å²) >= 11 is 0. The summed E-state index contributed by atoms with van der Waals surface area (Å²) in [5, 5.41) is 22.8. The van der Waals surface area contributed by atoms with Crippen molar-refractivity contribution in [1.29, 1.82) is 0 Å². The molecule has 1 rings (SSSR count). The third-order valence-electron chi connectivity index (χ3n) is 4.93. The number of aliphatic carboxylic acids is 1. The Labute approximate surface area is 158 Å². The van der Waals surface area contributed by atoms with Crippen LogP contribution in [0.3, 0.4) is 0 Å². The van der Waals surface area contributed by atoms with Crippen LogP contribution in [0.15, 0.2) is 0 Å². The number of nitrogens with one attached hydrogen (secondary N) is 2. The molecule has 154 valence electrons. The van der Waals surface area contributed by atoms with Gasteiger partial charge in [-0.25, -0.2) is 0 Å². The van der Waals surface area contributed by atoms with E-state index in [1.54, 1.807) is 0 Å². The molecule has 0 aliphatic carbocycles. The van der Waals surface area contributed by atoms with Crippen LogP contribution < -0.4 is 16.4 Å². The molecular weight excluding hydrogens is 356 g/mol. The lowest BCUT2D eigenvalue weighted by Gasteiger charge is -2.29. The molecule has 0 spiro atoms. The van der Waals surface area contributed by atoms with E-state index in [1.165, 1.54) is 11.8 Å². The van der Waals surface area contributed by atoms with Crippen LogP contribution in [0.5, 0.6) is 0 Å².